The zero-order chi connectivity index (χ0) is 13.1. The number of nitro benzene ring substituents is 1. The number of benzene rings is 1. The van der Waals surface area contributed by atoms with Crippen LogP contribution >= 0.6 is 0 Å². The molecule has 18 heavy (non-hydrogen) atoms. The van der Waals surface area contributed by atoms with Crippen LogP contribution in [-0.2, 0) is 0 Å². The molecule has 0 bridgehead atoms. The van der Waals surface area contributed by atoms with Gasteiger partial charge in [0.2, 0.25) is 0 Å². The average molecular weight is 257 g/mol. The van der Waals surface area contributed by atoms with Crippen molar-refractivity contribution in [2.24, 2.45) is 5.92 Å². The largest absolute Gasteiger partial charge is 0.380 e. The number of nitrogens with zero attached hydrogens (tertiary/aromatic N) is 1. The molecule has 1 aromatic carbocycles. The lowest BCUT2D eigenvalue weighted by Crippen LogP contribution is -2.18. The molecule has 0 saturated carbocycles. The van der Waals surface area contributed by atoms with Crippen LogP contribution in [0.15, 0.2) is 12.1 Å². The topological polar surface area (TPSA) is 67.2 Å². The highest BCUT2D eigenvalue weighted by Gasteiger charge is 2.19. The molecule has 1 atom stereocenters. The second-order valence-corrected chi connectivity index (χ2v) is 4.28. The molecule has 2 N–H and O–H groups in total. The van der Waals surface area contributed by atoms with E-state index in [0.717, 1.165) is 31.6 Å². The van der Waals surface area contributed by atoms with Gasteiger partial charge in [0.05, 0.1) is 17.1 Å². The van der Waals surface area contributed by atoms with Crippen LogP contribution < -0.4 is 10.6 Å². The molecular weight excluding hydrogens is 244 g/mol. The van der Waals surface area contributed by atoms with Gasteiger partial charge in [0, 0.05) is 6.54 Å². The van der Waals surface area contributed by atoms with Gasteiger partial charge in [-0.05, 0) is 25.4 Å². The Morgan fingerprint density at radius 1 is 1.44 bits per heavy atom. The minimum Gasteiger partial charge on any atom is -0.380 e. The number of nitrogens with one attached hydrogen (secondary N) is 2. The van der Waals surface area contributed by atoms with Crippen molar-refractivity contribution in [1.29, 1.82) is 0 Å². The molecule has 1 aliphatic rings. The molecule has 0 aliphatic carbocycles. The molecule has 7 heteroatoms. The number of hydrogen-bond acceptors (Lipinski definition) is 4. The molecule has 1 aromatic rings. The molecule has 1 fully saturated rings. The smallest absolute Gasteiger partial charge is 0.275 e. The first-order chi connectivity index (χ1) is 8.58. The van der Waals surface area contributed by atoms with Crippen LogP contribution in [0.4, 0.5) is 20.2 Å². The summed E-state index contributed by atoms with van der Waals surface area (Å²) < 4.78 is 27.0. The van der Waals surface area contributed by atoms with Crippen LogP contribution in [0, 0.1) is 27.7 Å². The minimum absolute atomic E-state index is 0.299. The highest BCUT2D eigenvalue weighted by atomic mass is 19.1. The quantitative estimate of drug-likeness (QED) is 0.638. The predicted octanol–water partition coefficient (Wildman–Crippen LogP) is 1.89. The van der Waals surface area contributed by atoms with Crippen molar-refractivity contribution in [1.82, 2.24) is 5.32 Å². The summed E-state index contributed by atoms with van der Waals surface area (Å²) in [6.07, 6.45) is 0.948. The molecule has 1 aliphatic heterocycles. The van der Waals surface area contributed by atoms with Gasteiger partial charge in [-0.1, -0.05) is 0 Å². The fraction of sp³-hybridized carbons (Fsp3) is 0.455. The number of anilines is 1. The van der Waals surface area contributed by atoms with Gasteiger partial charge >= 0.3 is 0 Å². The second kappa shape index (κ2) is 5.26. The van der Waals surface area contributed by atoms with Gasteiger partial charge in [-0.2, -0.15) is 0 Å². The molecular formula is C11H13F2N3O2. The minimum atomic E-state index is -0.937. The average Bonchev–Trinajstić information content (AvgIpc) is 2.80. The third-order valence-corrected chi connectivity index (χ3v) is 2.97. The molecule has 1 saturated heterocycles. The third-order valence-electron chi connectivity index (χ3n) is 2.97. The predicted molar refractivity (Wildman–Crippen MR) is 62.5 cm³/mol. The van der Waals surface area contributed by atoms with Gasteiger partial charge in [-0.25, -0.2) is 8.78 Å². The number of nitro groups is 1. The first-order valence-corrected chi connectivity index (χ1v) is 5.66. The van der Waals surface area contributed by atoms with Crippen LogP contribution in [0.3, 0.4) is 0 Å². The fourth-order valence-corrected chi connectivity index (χ4v) is 1.97. The number of rotatable bonds is 4. The van der Waals surface area contributed by atoms with Crippen molar-refractivity contribution in [2.45, 2.75) is 6.42 Å². The maximum atomic E-state index is 13.5. The van der Waals surface area contributed by atoms with E-state index in [-0.39, 0.29) is 5.69 Å². The van der Waals surface area contributed by atoms with Crippen LogP contribution in [0.1, 0.15) is 6.42 Å². The van der Waals surface area contributed by atoms with E-state index in [1.165, 1.54) is 0 Å². The molecule has 5 nitrogen and oxygen atoms in total. The molecule has 0 amide bonds. The lowest BCUT2D eigenvalue weighted by atomic mass is 10.1. The summed E-state index contributed by atoms with van der Waals surface area (Å²) in [4.78, 5) is 9.60. The fourth-order valence-electron chi connectivity index (χ4n) is 1.97. The van der Waals surface area contributed by atoms with Crippen LogP contribution in [0.2, 0.25) is 0 Å². The lowest BCUT2D eigenvalue weighted by molar-refractivity contribution is -0.385. The van der Waals surface area contributed by atoms with Gasteiger partial charge in [0.1, 0.15) is 5.69 Å². The summed E-state index contributed by atoms with van der Waals surface area (Å²) in [6.45, 7) is 2.15. The highest BCUT2D eigenvalue weighted by molar-refractivity contribution is 5.51. The second-order valence-electron chi connectivity index (χ2n) is 4.28. The summed E-state index contributed by atoms with van der Waals surface area (Å²) in [5, 5.41) is 16.2. The summed E-state index contributed by atoms with van der Waals surface area (Å²) in [5.74, 6) is -1.56. The Morgan fingerprint density at radius 3 is 2.61 bits per heavy atom. The zero-order valence-electron chi connectivity index (χ0n) is 9.58. The number of halogens is 2. The molecule has 1 unspecified atom stereocenters. The van der Waals surface area contributed by atoms with E-state index in [0.29, 0.717) is 12.5 Å². The molecule has 98 valence electrons. The Bertz CT molecular complexity index is 439. The van der Waals surface area contributed by atoms with E-state index in [1.807, 2.05) is 0 Å². The SMILES string of the molecule is O=[N+]([O-])c1cc(F)c(NCC2CCNC2)c(F)c1. The molecule has 2 rings (SSSR count). The Morgan fingerprint density at radius 2 is 2.11 bits per heavy atom. The molecule has 1 heterocycles. The highest BCUT2D eigenvalue weighted by Crippen LogP contribution is 2.25. The standard InChI is InChI=1S/C11H13F2N3O2/c12-9-3-8(16(17)18)4-10(13)11(9)15-6-7-1-2-14-5-7/h3-4,7,14-15H,1-2,5-6H2. The summed E-state index contributed by atoms with van der Waals surface area (Å²) in [7, 11) is 0. The van der Waals surface area contributed by atoms with Gasteiger partial charge in [0.15, 0.2) is 11.6 Å². The first kappa shape index (κ1) is 12.7. The van der Waals surface area contributed by atoms with Gasteiger partial charge in [-0.3, -0.25) is 10.1 Å². The Hall–Kier alpha value is -1.76. The van der Waals surface area contributed by atoms with Gasteiger partial charge in [-0.15, -0.1) is 0 Å². The van der Waals surface area contributed by atoms with Crippen LogP contribution in [-0.4, -0.2) is 24.6 Å². The summed E-state index contributed by atoms with van der Waals surface area (Å²) >= 11 is 0. The molecule has 0 spiro atoms. The third kappa shape index (κ3) is 2.73. The van der Waals surface area contributed by atoms with E-state index in [9.17, 15) is 18.9 Å². The van der Waals surface area contributed by atoms with Gasteiger partial charge < -0.3 is 10.6 Å². The van der Waals surface area contributed by atoms with Crippen molar-refractivity contribution in [3.05, 3.63) is 33.9 Å². The molecule has 0 aromatic heterocycles. The molecule has 0 radical (unpaired) electrons. The van der Waals surface area contributed by atoms with Crippen molar-refractivity contribution in [3.8, 4) is 0 Å². The monoisotopic (exact) mass is 257 g/mol. The van der Waals surface area contributed by atoms with E-state index >= 15 is 0 Å². The van der Waals surface area contributed by atoms with Crippen molar-refractivity contribution < 1.29 is 13.7 Å². The Balaban J connectivity index is 2.10. The number of hydrogen-bond donors (Lipinski definition) is 2. The van der Waals surface area contributed by atoms with Crippen molar-refractivity contribution in [3.63, 3.8) is 0 Å². The zero-order valence-corrected chi connectivity index (χ0v) is 9.58. The maximum Gasteiger partial charge on any atom is 0.275 e. The number of non-ortho nitro benzene ring substituents is 1. The van der Waals surface area contributed by atoms with Crippen molar-refractivity contribution in [2.75, 3.05) is 25.0 Å². The van der Waals surface area contributed by atoms with Crippen molar-refractivity contribution >= 4 is 11.4 Å². The summed E-state index contributed by atoms with van der Waals surface area (Å²) in [5.41, 5.74) is -0.884. The lowest BCUT2D eigenvalue weighted by Gasteiger charge is -2.12. The Labute approximate surface area is 102 Å². The van der Waals surface area contributed by atoms with E-state index in [2.05, 4.69) is 10.6 Å². The van der Waals surface area contributed by atoms with E-state index in [4.69, 9.17) is 0 Å². The van der Waals surface area contributed by atoms with Gasteiger partial charge in [0.25, 0.3) is 5.69 Å². The first-order valence-electron chi connectivity index (χ1n) is 5.66. The van der Waals surface area contributed by atoms with Crippen LogP contribution in [0.5, 0.6) is 0 Å². The summed E-state index contributed by atoms with van der Waals surface area (Å²) in [6, 6.07) is 1.44. The van der Waals surface area contributed by atoms with E-state index < -0.39 is 22.2 Å². The Kier molecular flexibility index (Phi) is 3.71. The normalized spacial score (nSPS) is 18.9. The van der Waals surface area contributed by atoms with Crippen LogP contribution in [0.25, 0.3) is 0 Å². The van der Waals surface area contributed by atoms with E-state index in [1.54, 1.807) is 0 Å². The maximum absolute atomic E-state index is 13.5.